The number of nitrogens with one attached hydrogen (secondary N) is 1. The number of fused-ring (bicyclic) bond motifs is 1. The number of rotatable bonds is 4. The Bertz CT molecular complexity index is 867. The van der Waals surface area contributed by atoms with Crippen LogP contribution >= 0.6 is 0 Å². The molecule has 3 rings (SSSR count). The van der Waals surface area contributed by atoms with E-state index >= 15 is 0 Å². The van der Waals surface area contributed by atoms with Gasteiger partial charge in [-0.15, -0.1) is 0 Å². The first-order valence-electron chi connectivity index (χ1n) is 7.23. The van der Waals surface area contributed by atoms with Crippen LogP contribution in [0.5, 0.6) is 5.75 Å². The summed E-state index contributed by atoms with van der Waals surface area (Å²) < 4.78 is 5.11. The molecule has 1 N–H and O–H groups in total. The van der Waals surface area contributed by atoms with Crippen molar-refractivity contribution in [2.45, 2.75) is 0 Å². The maximum absolute atomic E-state index is 12.1. The summed E-state index contributed by atoms with van der Waals surface area (Å²) in [6.07, 6.45) is 1.65. The minimum Gasteiger partial charge on any atom is -0.497 e. The molecule has 0 aromatic heterocycles. The van der Waals surface area contributed by atoms with Crippen molar-refractivity contribution in [3.8, 4) is 5.75 Å². The number of carbonyl (C=O) groups excluding carboxylic acids is 1. The molecule has 3 aromatic carbocycles. The minimum absolute atomic E-state index is 0.277. The van der Waals surface area contributed by atoms with Gasteiger partial charge in [0.2, 0.25) is 0 Å². The molecule has 0 saturated carbocycles. The van der Waals surface area contributed by atoms with Gasteiger partial charge in [0.15, 0.2) is 0 Å². The topological polar surface area (TPSA) is 50.7 Å². The van der Waals surface area contributed by atoms with Crippen LogP contribution in [0, 0.1) is 0 Å². The van der Waals surface area contributed by atoms with E-state index in [0.717, 1.165) is 16.3 Å². The fraction of sp³-hybridized carbons (Fsp3) is 0.0526. The van der Waals surface area contributed by atoms with E-state index in [1.165, 1.54) is 0 Å². The average Bonchev–Trinajstić information content (AvgIpc) is 2.62. The lowest BCUT2D eigenvalue weighted by atomic mass is 10.1. The zero-order valence-corrected chi connectivity index (χ0v) is 12.7. The molecule has 0 radical (unpaired) electrons. The van der Waals surface area contributed by atoms with Crippen LogP contribution in [-0.4, -0.2) is 19.2 Å². The quantitative estimate of drug-likeness (QED) is 0.591. The number of hydrazone groups is 1. The van der Waals surface area contributed by atoms with Crippen molar-refractivity contribution in [1.82, 2.24) is 5.43 Å². The highest BCUT2D eigenvalue weighted by atomic mass is 16.5. The third-order valence-corrected chi connectivity index (χ3v) is 3.53. The van der Waals surface area contributed by atoms with Crippen LogP contribution in [0.3, 0.4) is 0 Å². The predicted octanol–water partition coefficient (Wildman–Crippen LogP) is 3.61. The number of methoxy groups -OCH3 is 1. The maximum Gasteiger partial charge on any atom is 0.271 e. The highest BCUT2D eigenvalue weighted by Crippen LogP contribution is 2.16. The van der Waals surface area contributed by atoms with Gasteiger partial charge in [-0.05, 0) is 29.0 Å². The van der Waals surface area contributed by atoms with Gasteiger partial charge in [-0.1, -0.05) is 48.5 Å². The van der Waals surface area contributed by atoms with Gasteiger partial charge in [0.25, 0.3) is 5.91 Å². The minimum atomic E-state index is -0.277. The lowest BCUT2D eigenvalue weighted by Crippen LogP contribution is -2.17. The van der Waals surface area contributed by atoms with Gasteiger partial charge in [-0.2, -0.15) is 5.10 Å². The lowest BCUT2D eigenvalue weighted by molar-refractivity contribution is 0.0955. The summed E-state index contributed by atoms with van der Waals surface area (Å²) in [5, 5.41) is 6.28. The molecule has 0 heterocycles. The molecule has 0 aliphatic rings. The van der Waals surface area contributed by atoms with Crippen LogP contribution in [0.4, 0.5) is 0 Å². The highest BCUT2D eigenvalue weighted by Gasteiger charge is 2.05. The van der Waals surface area contributed by atoms with Crippen molar-refractivity contribution in [2.75, 3.05) is 7.11 Å². The normalized spacial score (nSPS) is 10.8. The number of carbonyl (C=O) groups is 1. The van der Waals surface area contributed by atoms with E-state index in [-0.39, 0.29) is 5.91 Å². The van der Waals surface area contributed by atoms with Crippen LogP contribution in [-0.2, 0) is 0 Å². The van der Waals surface area contributed by atoms with Gasteiger partial charge in [-0.25, -0.2) is 5.43 Å². The summed E-state index contributed by atoms with van der Waals surface area (Å²) >= 11 is 0. The Labute approximate surface area is 134 Å². The first-order valence-corrected chi connectivity index (χ1v) is 7.23. The number of amides is 1. The second-order valence-corrected chi connectivity index (χ2v) is 5.00. The first kappa shape index (κ1) is 14.8. The standard InChI is InChI=1S/C19H16N2O2/c1-23-17-10-5-8-15(12-17)19(22)21-20-13-16-9-4-7-14-6-2-3-11-18(14)16/h2-13H,1H3,(H,21,22)/b20-13+. The SMILES string of the molecule is COc1cccc(C(=O)N/N=C/c2cccc3ccccc23)c1. The molecule has 4 nitrogen and oxygen atoms in total. The molecule has 0 aliphatic carbocycles. The van der Waals surface area contributed by atoms with E-state index in [2.05, 4.69) is 10.5 Å². The summed E-state index contributed by atoms with van der Waals surface area (Å²) in [6, 6.07) is 21.0. The van der Waals surface area contributed by atoms with Gasteiger partial charge >= 0.3 is 0 Å². The Hall–Kier alpha value is -3.14. The number of nitrogens with zero attached hydrogens (tertiary/aromatic N) is 1. The Morgan fingerprint density at radius 2 is 1.83 bits per heavy atom. The molecule has 0 saturated heterocycles. The van der Waals surface area contributed by atoms with Crippen LogP contribution in [0.15, 0.2) is 71.8 Å². The molecule has 114 valence electrons. The molecule has 23 heavy (non-hydrogen) atoms. The van der Waals surface area contributed by atoms with Crippen molar-refractivity contribution in [3.63, 3.8) is 0 Å². The number of hydrogen-bond acceptors (Lipinski definition) is 3. The zero-order valence-electron chi connectivity index (χ0n) is 12.7. The zero-order chi connectivity index (χ0) is 16.1. The van der Waals surface area contributed by atoms with Crippen molar-refractivity contribution in [2.24, 2.45) is 5.10 Å². The van der Waals surface area contributed by atoms with Gasteiger partial charge < -0.3 is 4.74 Å². The molecule has 3 aromatic rings. The summed E-state index contributed by atoms with van der Waals surface area (Å²) in [5.41, 5.74) is 3.99. The summed E-state index contributed by atoms with van der Waals surface area (Å²) in [7, 11) is 1.57. The fourth-order valence-electron chi connectivity index (χ4n) is 2.35. The van der Waals surface area contributed by atoms with E-state index in [9.17, 15) is 4.79 Å². The number of hydrogen-bond donors (Lipinski definition) is 1. The summed E-state index contributed by atoms with van der Waals surface area (Å²) in [5.74, 6) is 0.357. The number of benzene rings is 3. The molecular weight excluding hydrogens is 288 g/mol. The van der Waals surface area contributed by atoms with Crippen molar-refractivity contribution in [1.29, 1.82) is 0 Å². The molecule has 0 aliphatic heterocycles. The number of ether oxygens (including phenoxy) is 1. The molecule has 0 spiro atoms. The van der Waals surface area contributed by atoms with Gasteiger partial charge in [0.1, 0.15) is 5.75 Å². The van der Waals surface area contributed by atoms with Gasteiger partial charge in [0, 0.05) is 11.1 Å². The van der Waals surface area contributed by atoms with Crippen molar-refractivity contribution >= 4 is 22.9 Å². The predicted molar refractivity (Wildman–Crippen MR) is 92.0 cm³/mol. The maximum atomic E-state index is 12.1. The van der Waals surface area contributed by atoms with Gasteiger partial charge in [-0.3, -0.25) is 4.79 Å². The van der Waals surface area contributed by atoms with Crippen LogP contribution in [0.1, 0.15) is 15.9 Å². The molecule has 0 bridgehead atoms. The molecular formula is C19H16N2O2. The smallest absolute Gasteiger partial charge is 0.271 e. The van der Waals surface area contributed by atoms with E-state index in [1.54, 1.807) is 37.6 Å². The third-order valence-electron chi connectivity index (χ3n) is 3.53. The fourth-order valence-corrected chi connectivity index (χ4v) is 2.35. The first-order chi connectivity index (χ1) is 11.3. The average molecular weight is 304 g/mol. The van der Waals surface area contributed by atoms with E-state index < -0.39 is 0 Å². The second-order valence-electron chi connectivity index (χ2n) is 5.00. The van der Waals surface area contributed by atoms with E-state index in [4.69, 9.17) is 4.74 Å². The van der Waals surface area contributed by atoms with Crippen molar-refractivity contribution in [3.05, 3.63) is 77.9 Å². The molecule has 0 atom stereocenters. The van der Waals surface area contributed by atoms with Crippen LogP contribution in [0.25, 0.3) is 10.8 Å². The summed E-state index contributed by atoms with van der Waals surface area (Å²) in [4.78, 5) is 12.1. The van der Waals surface area contributed by atoms with Crippen LogP contribution in [0.2, 0.25) is 0 Å². The Morgan fingerprint density at radius 1 is 1.04 bits per heavy atom. The lowest BCUT2D eigenvalue weighted by Gasteiger charge is -2.04. The Kier molecular flexibility index (Phi) is 4.34. The molecule has 0 unspecified atom stereocenters. The summed E-state index contributed by atoms with van der Waals surface area (Å²) in [6.45, 7) is 0. The van der Waals surface area contributed by atoms with E-state index in [0.29, 0.717) is 11.3 Å². The monoisotopic (exact) mass is 304 g/mol. The van der Waals surface area contributed by atoms with E-state index in [1.807, 2.05) is 42.5 Å². The Balaban J connectivity index is 1.76. The third kappa shape index (κ3) is 3.37. The molecule has 4 heteroatoms. The molecule has 0 fully saturated rings. The largest absolute Gasteiger partial charge is 0.497 e. The Morgan fingerprint density at radius 3 is 2.70 bits per heavy atom. The second kappa shape index (κ2) is 6.75. The highest BCUT2D eigenvalue weighted by molar-refractivity contribution is 6.00. The van der Waals surface area contributed by atoms with Gasteiger partial charge in [0.05, 0.1) is 13.3 Å². The van der Waals surface area contributed by atoms with Crippen LogP contribution < -0.4 is 10.2 Å². The van der Waals surface area contributed by atoms with Crippen molar-refractivity contribution < 1.29 is 9.53 Å². The molecule has 1 amide bonds.